The first-order chi connectivity index (χ1) is 16.4. The lowest BCUT2D eigenvalue weighted by molar-refractivity contribution is -0.126. The predicted molar refractivity (Wildman–Crippen MR) is 140 cm³/mol. The first kappa shape index (κ1) is 24.8. The van der Waals surface area contributed by atoms with Gasteiger partial charge in [-0.15, -0.1) is 11.8 Å². The monoisotopic (exact) mass is 514 g/mol. The third-order valence-corrected chi connectivity index (χ3v) is 8.66. The molecular formula is C26H27ClN2O3S2. The summed E-state index contributed by atoms with van der Waals surface area (Å²) in [6.07, 6.45) is 0.145. The van der Waals surface area contributed by atoms with E-state index in [0.29, 0.717) is 9.92 Å². The summed E-state index contributed by atoms with van der Waals surface area (Å²) in [5, 5.41) is 3.53. The Kier molecular flexibility index (Phi) is 7.99. The molecule has 2 atom stereocenters. The highest BCUT2D eigenvalue weighted by Crippen LogP contribution is 2.40. The first-order valence-electron chi connectivity index (χ1n) is 11.1. The summed E-state index contributed by atoms with van der Waals surface area (Å²) in [6, 6.07) is 17.5. The number of carbonyl (C=O) groups is 2. The quantitative estimate of drug-likeness (QED) is 0.316. The van der Waals surface area contributed by atoms with Crippen LogP contribution in [0.25, 0.3) is 0 Å². The van der Waals surface area contributed by atoms with E-state index in [9.17, 15) is 9.59 Å². The molecule has 1 aliphatic rings. The molecule has 2 aromatic carbocycles. The fourth-order valence-corrected chi connectivity index (χ4v) is 6.18. The van der Waals surface area contributed by atoms with Gasteiger partial charge in [-0.25, -0.2) is 0 Å². The van der Waals surface area contributed by atoms with E-state index in [1.807, 2.05) is 23.6 Å². The standard InChI is InChI=1S/C26H27ClN2O3S2/c1-26(19-10-15-33-17-19,18-6-8-20(9-7-18)29-11-13-32-14-12-29)16-22(30)24(25(28)31)34-23-5-3-2-4-21(23)27/h2-10,15,17,24H,11-14,16H2,1H3,(H2,28,31). The molecule has 0 aliphatic carbocycles. The Bertz CT molecular complexity index is 1130. The van der Waals surface area contributed by atoms with Crippen LogP contribution in [0.2, 0.25) is 5.02 Å². The second-order valence-corrected chi connectivity index (χ2v) is 10.8. The molecule has 0 saturated carbocycles. The number of rotatable bonds is 9. The van der Waals surface area contributed by atoms with Gasteiger partial charge in [-0.1, -0.05) is 42.8 Å². The maximum atomic E-state index is 13.5. The number of ketones is 1. The van der Waals surface area contributed by atoms with Gasteiger partial charge in [-0.2, -0.15) is 11.3 Å². The van der Waals surface area contributed by atoms with Crippen molar-refractivity contribution in [2.75, 3.05) is 31.2 Å². The summed E-state index contributed by atoms with van der Waals surface area (Å²) in [4.78, 5) is 28.8. The molecule has 5 nitrogen and oxygen atoms in total. The SMILES string of the molecule is CC(CC(=O)C(Sc1ccccc1Cl)C(N)=O)(c1ccc(N2CCOCC2)cc1)c1ccsc1. The number of benzene rings is 2. The zero-order valence-corrected chi connectivity index (χ0v) is 21.3. The van der Waals surface area contributed by atoms with Crippen LogP contribution in [0.4, 0.5) is 5.69 Å². The normalized spacial score (nSPS) is 16.6. The number of primary amides is 1. The fourth-order valence-electron chi connectivity index (χ4n) is 4.20. The zero-order chi connectivity index (χ0) is 24.1. The molecular weight excluding hydrogens is 488 g/mol. The summed E-state index contributed by atoms with van der Waals surface area (Å²) in [5.74, 6) is -0.881. The number of thiophene rings is 1. The third kappa shape index (κ3) is 5.49. The summed E-state index contributed by atoms with van der Waals surface area (Å²) < 4.78 is 5.46. The van der Waals surface area contributed by atoms with Gasteiger partial charge in [0.05, 0.1) is 18.2 Å². The highest BCUT2D eigenvalue weighted by Gasteiger charge is 2.37. The lowest BCUT2D eigenvalue weighted by Gasteiger charge is -2.32. The van der Waals surface area contributed by atoms with Gasteiger partial charge < -0.3 is 15.4 Å². The molecule has 1 amide bonds. The molecule has 0 spiro atoms. The van der Waals surface area contributed by atoms with Crippen LogP contribution in [0.1, 0.15) is 24.5 Å². The molecule has 34 heavy (non-hydrogen) atoms. The van der Waals surface area contributed by atoms with E-state index in [-0.39, 0.29) is 12.2 Å². The number of nitrogens with two attached hydrogens (primary N) is 1. The van der Waals surface area contributed by atoms with Crippen molar-refractivity contribution >= 4 is 52.1 Å². The summed E-state index contributed by atoms with van der Waals surface area (Å²) in [5.41, 5.74) is 8.26. The maximum absolute atomic E-state index is 13.5. The van der Waals surface area contributed by atoms with Gasteiger partial charge in [0, 0.05) is 35.5 Å². The molecule has 0 radical (unpaired) electrons. The molecule has 8 heteroatoms. The largest absolute Gasteiger partial charge is 0.378 e. The molecule has 1 saturated heterocycles. The van der Waals surface area contributed by atoms with E-state index in [2.05, 4.69) is 41.5 Å². The Morgan fingerprint density at radius 1 is 1.12 bits per heavy atom. The summed E-state index contributed by atoms with van der Waals surface area (Å²) >= 11 is 8.97. The van der Waals surface area contributed by atoms with Crippen LogP contribution < -0.4 is 10.6 Å². The lowest BCUT2D eigenvalue weighted by Crippen LogP contribution is -2.38. The van der Waals surface area contributed by atoms with E-state index in [0.717, 1.165) is 54.9 Å². The Morgan fingerprint density at radius 2 is 1.82 bits per heavy atom. The van der Waals surface area contributed by atoms with Crippen molar-refractivity contribution in [3.63, 3.8) is 0 Å². The van der Waals surface area contributed by atoms with E-state index in [4.69, 9.17) is 22.1 Å². The fraction of sp³-hybridized carbons (Fsp3) is 0.308. The number of morpholine rings is 1. The number of ether oxygens (including phenoxy) is 1. The molecule has 2 N–H and O–H groups in total. The topological polar surface area (TPSA) is 72.6 Å². The van der Waals surface area contributed by atoms with Crippen molar-refractivity contribution in [1.82, 2.24) is 0 Å². The number of halogens is 1. The lowest BCUT2D eigenvalue weighted by atomic mass is 9.73. The van der Waals surface area contributed by atoms with Gasteiger partial charge in [0.1, 0.15) is 5.25 Å². The van der Waals surface area contributed by atoms with Gasteiger partial charge in [-0.3, -0.25) is 9.59 Å². The Balaban J connectivity index is 1.61. The molecule has 1 fully saturated rings. The molecule has 4 rings (SSSR count). The van der Waals surface area contributed by atoms with Crippen molar-refractivity contribution in [2.45, 2.75) is 28.9 Å². The van der Waals surface area contributed by atoms with Crippen LogP contribution in [0.5, 0.6) is 0 Å². The van der Waals surface area contributed by atoms with Crippen LogP contribution in [-0.2, 0) is 19.7 Å². The van der Waals surface area contributed by atoms with Crippen molar-refractivity contribution < 1.29 is 14.3 Å². The third-order valence-electron chi connectivity index (χ3n) is 6.20. The van der Waals surface area contributed by atoms with Crippen molar-refractivity contribution in [2.24, 2.45) is 5.73 Å². The van der Waals surface area contributed by atoms with Gasteiger partial charge in [-0.05, 0) is 52.2 Å². The van der Waals surface area contributed by atoms with Gasteiger partial charge in [0.2, 0.25) is 5.91 Å². The summed E-state index contributed by atoms with van der Waals surface area (Å²) in [7, 11) is 0. The second-order valence-electron chi connectivity index (χ2n) is 8.46. The molecule has 178 valence electrons. The minimum atomic E-state index is -1.02. The van der Waals surface area contributed by atoms with E-state index in [1.54, 1.807) is 23.5 Å². The average molecular weight is 515 g/mol. The maximum Gasteiger partial charge on any atom is 0.238 e. The number of carbonyl (C=O) groups excluding carboxylic acids is 2. The minimum Gasteiger partial charge on any atom is -0.378 e. The van der Waals surface area contributed by atoms with Crippen LogP contribution in [0.3, 0.4) is 0 Å². The molecule has 1 aromatic heterocycles. The number of amides is 1. The Hall–Kier alpha value is -2.32. The summed E-state index contributed by atoms with van der Waals surface area (Å²) in [6.45, 7) is 5.22. The van der Waals surface area contributed by atoms with E-state index >= 15 is 0 Å². The number of hydrogen-bond donors (Lipinski definition) is 1. The highest BCUT2D eigenvalue weighted by molar-refractivity contribution is 8.01. The molecule has 3 aromatic rings. The van der Waals surface area contributed by atoms with E-state index < -0.39 is 16.6 Å². The van der Waals surface area contributed by atoms with Crippen molar-refractivity contribution in [1.29, 1.82) is 0 Å². The molecule has 2 heterocycles. The van der Waals surface area contributed by atoms with Crippen LogP contribution in [-0.4, -0.2) is 43.2 Å². The minimum absolute atomic E-state index is 0.145. The smallest absolute Gasteiger partial charge is 0.238 e. The first-order valence-corrected chi connectivity index (χ1v) is 13.3. The van der Waals surface area contributed by atoms with Gasteiger partial charge >= 0.3 is 0 Å². The molecule has 0 bridgehead atoms. The highest BCUT2D eigenvalue weighted by atomic mass is 35.5. The van der Waals surface area contributed by atoms with Crippen LogP contribution in [0, 0.1) is 0 Å². The van der Waals surface area contributed by atoms with E-state index in [1.165, 1.54) is 0 Å². The molecule has 2 unspecified atom stereocenters. The Labute approximate surface area is 213 Å². The number of thioether (sulfide) groups is 1. The number of Topliss-reactive ketones (excluding diaryl/α,β-unsaturated/α-hetero) is 1. The van der Waals surface area contributed by atoms with Crippen molar-refractivity contribution in [3.8, 4) is 0 Å². The zero-order valence-electron chi connectivity index (χ0n) is 18.9. The molecule has 1 aliphatic heterocycles. The van der Waals surface area contributed by atoms with Crippen molar-refractivity contribution in [3.05, 3.63) is 81.5 Å². The van der Waals surface area contributed by atoms with Crippen LogP contribution in [0.15, 0.2) is 70.3 Å². The van der Waals surface area contributed by atoms with Crippen LogP contribution >= 0.6 is 34.7 Å². The number of hydrogen-bond acceptors (Lipinski definition) is 6. The van der Waals surface area contributed by atoms with Gasteiger partial charge in [0.25, 0.3) is 0 Å². The number of nitrogens with zero attached hydrogens (tertiary/aromatic N) is 1. The predicted octanol–water partition coefficient (Wildman–Crippen LogP) is 5.15. The number of anilines is 1. The van der Waals surface area contributed by atoms with Gasteiger partial charge in [0.15, 0.2) is 5.78 Å². The Morgan fingerprint density at radius 3 is 2.44 bits per heavy atom. The second kappa shape index (κ2) is 11.0. The average Bonchev–Trinajstić information content (AvgIpc) is 3.40.